The van der Waals surface area contributed by atoms with Crippen molar-refractivity contribution in [3.05, 3.63) is 94.2 Å². The van der Waals surface area contributed by atoms with E-state index in [1.54, 1.807) is 6.20 Å². The van der Waals surface area contributed by atoms with E-state index >= 15 is 0 Å². The summed E-state index contributed by atoms with van der Waals surface area (Å²) < 4.78 is 0. The molecular weight excluding hydrogens is 385 g/mol. The molecule has 1 heterocycles. The number of halogens is 2. The van der Waals surface area contributed by atoms with E-state index in [4.69, 9.17) is 35.4 Å². The van der Waals surface area contributed by atoms with E-state index in [1.807, 2.05) is 71.6 Å². The van der Waals surface area contributed by atoms with Crippen LogP contribution in [0.1, 0.15) is 11.3 Å². The maximum atomic E-state index is 6.33. The molecule has 0 saturated carbocycles. The summed E-state index contributed by atoms with van der Waals surface area (Å²) in [6.07, 6.45) is 1.77. The molecule has 0 amide bonds. The van der Waals surface area contributed by atoms with Gasteiger partial charge >= 0.3 is 0 Å². The number of benzene rings is 2. The molecule has 132 valence electrons. The second-order valence-electron chi connectivity index (χ2n) is 5.68. The Morgan fingerprint density at radius 1 is 0.885 bits per heavy atom. The van der Waals surface area contributed by atoms with Crippen LogP contribution in [-0.2, 0) is 13.1 Å². The van der Waals surface area contributed by atoms with E-state index in [1.165, 1.54) is 0 Å². The number of rotatable bonds is 5. The normalized spacial score (nSPS) is 10.4. The van der Waals surface area contributed by atoms with E-state index in [2.05, 4.69) is 10.3 Å². The van der Waals surface area contributed by atoms with Gasteiger partial charge in [0.25, 0.3) is 0 Å². The average Bonchev–Trinajstić information content (AvgIpc) is 2.65. The monoisotopic (exact) mass is 401 g/mol. The summed E-state index contributed by atoms with van der Waals surface area (Å²) in [5, 5.41) is 5.11. The Labute approximate surface area is 168 Å². The van der Waals surface area contributed by atoms with Crippen molar-refractivity contribution in [3.8, 4) is 0 Å². The maximum Gasteiger partial charge on any atom is 0.174 e. The molecule has 1 N–H and O–H groups in total. The highest BCUT2D eigenvalue weighted by atomic mass is 35.5. The van der Waals surface area contributed by atoms with Crippen molar-refractivity contribution in [2.24, 2.45) is 0 Å². The van der Waals surface area contributed by atoms with E-state index in [0.717, 1.165) is 16.9 Å². The average molecular weight is 402 g/mol. The summed E-state index contributed by atoms with van der Waals surface area (Å²) in [5.41, 5.74) is 2.68. The van der Waals surface area contributed by atoms with Crippen molar-refractivity contribution in [2.75, 3.05) is 5.32 Å². The Morgan fingerprint density at radius 3 is 2.27 bits per heavy atom. The third-order valence-electron chi connectivity index (χ3n) is 3.80. The Balaban J connectivity index is 1.83. The minimum atomic E-state index is 0.558. The molecule has 2 aromatic carbocycles. The molecule has 0 spiro atoms. The summed E-state index contributed by atoms with van der Waals surface area (Å²) in [4.78, 5) is 6.42. The van der Waals surface area contributed by atoms with Crippen LogP contribution in [0.25, 0.3) is 0 Å². The molecule has 0 unspecified atom stereocenters. The lowest BCUT2D eigenvalue weighted by atomic mass is 10.2. The van der Waals surface area contributed by atoms with Crippen LogP contribution >= 0.6 is 35.4 Å². The number of nitrogens with zero attached hydrogens (tertiary/aromatic N) is 2. The van der Waals surface area contributed by atoms with Crippen LogP contribution in [-0.4, -0.2) is 15.0 Å². The van der Waals surface area contributed by atoms with Gasteiger partial charge in [0.05, 0.1) is 22.9 Å². The number of nitrogens with one attached hydrogen (secondary N) is 1. The largest absolute Gasteiger partial charge is 0.339 e. The van der Waals surface area contributed by atoms with Crippen LogP contribution in [0.5, 0.6) is 0 Å². The first-order valence-electron chi connectivity index (χ1n) is 8.07. The standard InChI is InChI=1S/C20H17Cl2N3S/c21-17-9-2-1-7-15(17)13-25(14-16-8-5-6-12-23-16)20(26)24-19-11-4-3-10-18(19)22/h1-12H,13-14H2,(H,24,26). The van der Waals surface area contributed by atoms with Gasteiger partial charge in [-0.2, -0.15) is 0 Å². The number of anilines is 1. The number of hydrogen-bond donors (Lipinski definition) is 1. The van der Waals surface area contributed by atoms with Gasteiger partial charge in [0, 0.05) is 17.8 Å². The van der Waals surface area contributed by atoms with Crippen molar-refractivity contribution in [1.29, 1.82) is 0 Å². The van der Waals surface area contributed by atoms with Crippen molar-refractivity contribution in [1.82, 2.24) is 9.88 Å². The highest BCUT2D eigenvalue weighted by Crippen LogP contribution is 2.23. The van der Waals surface area contributed by atoms with Gasteiger partial charge in [-0.05, 0) is 48.1 Å². The summed E-state index contributed by atoms with van der Waals surface area (Å²) in [7, 11) is 0. The Hall–Kier alpha value is -2.14. The van der Waals surface area contributed by atoms with Crippen LogP contribution in [0.4, 0.5) is 5.69 Å². The lowest BCUT2D eigenvalue weighted by molar-refractivity contribution is 0.407. The zero-order chi connectivity index (χ0) is 18.4. The summed E-state index contributed by atoms with van der Waals surface area (Å²) in [5.74, 6) is 0. The van der Waals surface area contributed by atoms with Gasteiger partial charge in [-0.3, -0.25) is 4.98 Å². The fourth-order valence-electron chi connectivity index (χ4n) is 2.48. The molecule has 3 nitrogen and oxygen atoms in total. The predicted octanol–water partition coefficient (Wildman–Crippen LogP) is 5.79. The van der Waals surface area contributed by atoms with E-state index in [9.17, 15) is 0 Å². The fourth-order valence-corrected chi connectivity index (χ4v) is 3.09. The van der Waals surface area contributed by atoms with Gasteiger partial charge < -0.3 is 10.2 Å². The molecular formula is C20H17Cl2N3S. The number of thiocarbonyl (C=S) groups is 1. The first-order valence-corrected chi connectivity index (χ1v) is 9.23. The zero-order valence-corrected chi connectivity index (χ0v) is 16.2. The smallest absolute Gasteiger partial charge is 0.174 e. The zero-order valence-electron chi connectivity index (χ0n) is 13.9. The fraction of sp³-hybridized carbons (Fsp3) is 0.100. The van der Waals surface area contributed by atoms with Crippen LogP contribution < -0.4 is 5.32 Å². The van der Waals surface area contributed by atoms with Crippen molar-refractivity contribution < 1.29 is 0 Å². The van der Waals surface area contributed by atoms with Gasteiger partial charge in [0.2, 0.25) is 0 Å². The predicted molar refractivity (Wildman–Crippen MR) is 113 cm³/mol. The molecule has 0 saturated heterocycles. The molecule has 0 atom stereocenters. The first-order chi connectivity index (χ1) is 12.6. The first kappa shape index (κ1) is 18.6. The molecule has 3 aromatic rings. The maximum absolute atomic E-state index is 6.33. The minimum absolute atomic E-state index is 0.558. The molecule has 26 heavy (non-hydrogen) atoms. The highest BCUT2D eigenvalue weighted by Gasteiger charge is 2.14. The molecule has 1 aromatic heterocycles. The molecule has 0 aliphatic carbocycles. The third kappa shape index (κ3) is 4.94. The van der Waals surface area contributed by atoms with Crippen LogP contribution in [0.3, 0.4) is 0 Å². The van der Waals surface area contributed by atoms with Crippen molar-refractivity contribution in [2.45, 2.75) is 13.1 Å². The molecule has 0 radical (unpaired) electrons. The number of para-hydroxylation sites is 1. The number of aromatic nitrogens is 1. The molecule has 0 bridgehead atoms. The van der Waals surface area contributed by atoms with Gasteiger partial charge in [0.1, 0.15) is 0 Å². The second-order valence-corrected chi connectivity index (χ2v) is 6.88. The lowest BCUT2D eigenvalue weighted by Crippen LogP contribution is -2.34. The third-order valence-corrected chi connectivity index (χ3v) is 4.86. The van der Waals surface area contributed by atoms with Crippen LogP contribution in [0, 0.1) is 0 Å². The van der Waals surface area contributed by atoms with Crippen molar-refractivity contribution >= 4 is 46.2 Å². The van der Waals surface area contributed by atoms with Crippen LogP contribution in [0.15, 0.2) is 72.9 Å². The molecule has 3 rings (SSSR count). The topological polar surface area (TPSA) is 28.2 Å². The van der Waals surface area contributed by atoms with Crippen molar-refractivity contribution in [3.63, 3.8) is 0 Å². The highest BCUT2D eigenvalue weighted by molar-refractivity contribution is 7.80. The Bertz CT molecular complexity index is 887. The van der Waals surface area contributed by atoms with Gasteiger partial charge in [-0.25, -0.2) is 0 Å². The Morgan fingerprint density at radius 2 is 1.58 bits per heavy atom. The minimum Gasteiger partial charge on any atom is -0.339 e. The van der Waals surface area contributed by atoms with Crippen LogP contribution in [0.2, 0.25) is 10.0 Å². The molecule has 6 heteroatoms. The Kier molecular flexibility index (Phi) is 6.45. The second kappa shape index (κ2) is 8.99. The summed E-state index contributed by atoms with van der Waals surface area (Å²) in [6, 6.07) is 21.1. The van der Waals surface area contributed by atoms with Gasteiger partial charge in [0.15, 0.2) is 5.11 Å². The molecule has 0 aliphatic heterocycles. The number of hydrogen-bond acceptors (Lipinski definition) is 2. The summed E-state index contributed by atoms with van der Waals surface area (Å²) >= 11 is 18.2. The van der Waals surface area contributed by atoms with Gasteiger partial charge in [-0.1, -0.05) is 59.6 Å². The van der Waals surface area contributed by atoms with E-state index in [0.29, 0.717) is 28.2 Å². The lowest BCUT2D eigenvalue weighted by Gasteiger charge is -2.26. The molecule has 0 aliphatic rings. The quantitative estimate of drug-likeness (QED) is 0.547. The molecule has 0 fully saturated rings. The van der Waals surface area contributed by atoms with E-state index in [-0.39, 0.29) is 0 Å². The van der Waals surface area contributed by atoms with E-state index < -0.39 is 0 Å². The summed E-state index contributed by atoms with van der Waals surface area (Å²) in [6.45, 7) is 1.12. The SMILES string of the molecule is S=C(Nc1ccccc1Cl)N(Cc1ccccn1)Cc1ccccc1Cl. The van der Waals surface area contributed by atoms with Gasteiger partial charge in [-0.15, -0.1) is 0 Å². The number of pyridine rings is 1.